The number of nitrogens with zero attached hydrogens (tertiary/aromatic N) is 5. The summed E-state index contributed by atoms with van der Waals surface area (Å²) in [5.74, 6) is 1.03. The van der Waals surface area contributed by atoms with Crippen LogP contribution in [-0.2, 0) is 0 Å². The first-order valence-corrected chi connectivity index (χ1v) is 8.56. The highest BCUT2D eigenvalue weighted by Crippen LogP contribution is 2.36. The molecule has 5 nitrogen and oxygen atoms in total. The molecule has 1 atom stereocenters. The lowest BCUT2D eigenvalue weighted by Crippen LogP contribution is -2.40. The first-order chi connectivity index (χ1) is 11.8. The van der Waals surface area contributed by atoms with Crippen LogP contribution in [0.2, 0.25) is 0 Å². The van der Waals surface area contributed by atoms with E-state index < -0.39 is 0 Å². The molecule has 4 rings (SSSR count). The summed E-state index contributed by atoms with van der Waals surface area (Å²) in [5.41, 5.74) is 3.03. The summed E-state index contributed by atoms with van der Waals surface area (Å²) in [5, 5.41) is 9.42. The third-order valence-electron chi connectivity index (χ3n) is 4.94. The van der Waals surface area contributed by atoms with Crippen LogP contribution in [0.3, 0.4) is 0 Å². The summed E-state index contributed by atoms with van der Waals surface area (Å²) in [6, 6.07) is 11.5. The minimum atomic E-state index is 0.444. The van der Waals surface area contributed by atoms with Crippen LogP contribution in [0.4, 0.5) is 11.5 Å². The number of rotatable bonds is 4. The van der Waals surface area contributed by atoms with Crippen molar-refractivity contribution in [2.45, 2.75) is 38.3 Å². The molecule has 0 amide bonds. The molecule has 2 aliphatic rings. The van der Waals surface area contributed by atoms with E-state index in [-0.39, 0.29) is 0 Å². The Balaban J connectivity index is 1.58. The number of aryl methyl sites for hydroxylation is 1. The summed E-state index contributed by atoms with van der Waals surface area (Å²) >= 11 is 0. The van der Waals surface area contributed by atoms with Gasteiger partial charge in [-0.15, -0.1) is 0 Å². The van der Waals surface area contributed by atoms with Crippen LogP contribution in [0.1, 0.15) is 30.4 Å². The monoisotopic (exact) mass is 319 g/mol. The summed E-state index contributed by atoms with van der Waals surface area (Å²) < 4.78 is 0. The van der Waals surface area contributed by atoms with E-state index in [9.17, 15) is 5.26 Å². The smallest absolute Gasteiger partial charge is 0.132 e. The maximum Gasteiger partial charge on any atom is 0.132 e. The highest BCUT2D eigenvalue weighted by molar-refractivity contribution is 5.62. The minimum absolute atomic E-state index is 0.444. The van der Waals surface area contributed by atoms with Gasteiger partial charge in [-0.1, -0.05) is 6.07 Å². The van der Waals surface area contributed by atoms with E-state index in [2.05, 4.69) is 38.8 Å². The van der Waals surface area contributed by atoms with Crippen LogP contribution in [0.15, 0.2) is 36.8 Å². The first-order valence-electron chi connectivity index (χ1n) is 8.56. The molecule has 0 spiro atoms. The molecule has 1 saturated carbocycles. The number of anilines is 2. The second-order valence-corrected chi connectivity index (χ2v) is 6.73. The van der Waals surface area contributed by atoms with E-state index in [1.54, 1.807) is 6.33 Å². The molecule has 24 heavy (non-hydrogen) atoms. The van der Waals surface area contributed by atoms with Crippen molar-refractivity contribution < 1.29 is 0 Å². The standard InChI is InChI=1S/C19H21N5/c1-14-2-3-15(11-20)18(10-14)23-9-7-17(12-23)24(16-4-5-16)19-6-8-21-13-22-19/h2-3,6,8,10,13,16-17H,4-5,7,9,12H2,1H3. The Hall–Kier alpha value is -2.61. The van der Waals surface area contributed by atoms with Crippen LogP contribution in [-0.4, -0.2) is 35.1 Å². The van der Waals surface area contributed by atoms with E-state index in [1.807, 2.05) is 24.4 Å². The predicted molar refractivity (Wildman–Crippen MR) is 94.0 cm³/mol. The maximum absolute atomic E-state index is 9.42. The predicted octanol–water partition coefficient (Wildman–Crippen LogP) is 2.90. The summed E-state index contributed by atoms with van der Waals surface area (Å²) in [6.45, 7) is 4.01. The van der Waals surface area contributed by atoms with Gasteiger partial charge in [0.1, 0.15) is 18.2 Å². The lowest BCUT2D eigenvalue weighted by Gasteiger charge is -2.30. The van der Waals surface area contributed by atoms with Gasteiger partial charge < -0.3 is 9.80 Å². The number of hydrogen-bond donors (Lipinski definition) is 0. The SMILES string of the molecule is Cc1ccc(C#N)c(N2CCC(N(c3ccncn3)C3CC3)C2)c1. The molecule has 0 radical (unpaired) electrons. The number of aromatic nitrogens is 2. The lowest BCUT2D eigenvalue weighted by molar-refractivity contribution is 0.625. The molecule has 0 bridgehead atoms. The fourth-order valence-electron chi connectivity index (χ4n) is 3.65. The molecule has 1 aliphatic carbocycles. The van der Waals surface area contributed by atoms with Gasteiger partial charge in [0.25, 0.3) is 0 Å². The molecule has 2 fully saturated rings. The number of nitriles is 1. The molecule has 1 saturated heterocycles. The van der Waals surface area contributed by atoms with Crippen molar-refractivity contribution in [3.8, 4) is 6.07 Å². The average molecular weight is 319 g/mol. The first kappa shape index (κ1) is 14.9. The molecule has 5 heteroatoms. The molecule has 1 aromatic carbocycles. The minimum Gasteiger partial charge on any atom is -0.368 e. The molecule has 2 heterocycles. The molecular weight excluding hydrogens is 298 g/mol. The van der Waals surface area contributed by atoms with Crippen LogP contribution in [0, 0.1) is 18.3 Å². The van der Waals surface area contributed by atoms with Gasteiger partial charge in [0.05, 0.1) is 11.3 Å². The van der Waals surface area contributed by atoms with E-state index in [4.69, 9.17) is 0 Å². The van der Waals surface area contributed by atoms with Gasteiger partial charge in [-0.05, 0) is 49.9 Å². The van der Waals surface area contributed by atoms with E-state index in [1.165, 1.54) is 18.4 Å². The van der Waals surface area contributed by atoms with Crippen molar-refractivity contribution in [2.24, 2.45) is 0 Å². The number of hydrogen-bond acceptors (Lipinski definition) is 5. The normalized spacial score (nSPS) is 20.0. The van der Waals surface area contributed by atoms with Crippen LogP contribution >= 0.6 is 0 Å². The lowest BCUT2D eigenvalue weighted by atomic mass is 10.1. The molecule has 1 unspecified atom stereocenters. The van der Waals surface area contributed by atoms with Gasteiger partial charge in [0.15, 0.2) is 0 Å². The maximum atomic E-state index is 9.42. The van der Waals surface area contributed by atoms with Gasteiger partial charge in [0.2, 0.25) is 0 Å². The molecule has 2 aromatic rings. The summed E-state index contributed by atoms with van der Waals surface area (Å²) in [6.07, 6.45) is 7.03. The van der Waals surface area contributed by atoms with E-state index in [0.717, 1.165) is 36.6 Å². The molecule has 1 aliphatic heterocycles. The fraction of sp³-hybridized carbons (Fsp3) is 0.421. The molecule has 0 N–H and O–H groups in total. The van der Waals surface area contributed by atoms with Crippen molar-refractivity contribution in [3.05, 3.63) is 47.9 Å². The summed E-state index contributed by atoms with van der Waals surface area (Å²) in [4.78, 5) is 13.3. The third kappa shape index (κ3) is 2.80. The Morgan fingerprint density at radius 1 is 1.21 bits per heavy atom. The van der Waals surface area contributed by atoms with E-state index >= 15 is 0 Å². The molecule has 1 aromatic heterocycles. The van der Waals surface area contributed by atoms with Gasteiger partial charge >= 0.3 is 0 Å². The summed E-state index contributed by atoms with van der Waals surface area (Å²) in [7, 11) is 0. The van der Waals surface area contributed by atoms with Crippen molar-refractivity contribution in [2.75, 3.05) is 22.9 Å². The molecule has 122 valence electrons. The zero-order valence-electron chi connectivity index (χ0n) is 13.9. The van der Waals surface area contributed by atoms with Crippen molar-refractivity contribution in [1.29, 1.82) is 5.26 Å². The Morgan fingerprint density at radius 3 is 2.79 bits per heavy atom. The fourth-order valence-corrected chi connectivity index (χ4v) is 3.65. The highest BCUT2D eigenvalue weighted by Gasteiger charge is 2.38. The Morgan fingerprint density at radius 2 is 2.08 bits per heavy atom. The largest absolute Gasteiger partial charge is 0.368 e. The van der Waals surface area contributed by atoms with Gasteiger partial charge in [-0.2, -0.15) is 5.26 Å². The zero-order valence-corrected chi connectivity index (χ0v) is 13.9. The second-order valence-electron chi connectivity index (χ2n) is 6.73. The third-order valence-corrected chi connectivity index (χ3v) is 4.94. The van der Waals surface area contributed by atoms with Gasteiger partial charge in [0, 0.05) is 31.4 Å². The Bertz CT molecular complexity index is 763. The van der Waals surface area contributed by atoms with Crippen LogP contribution < -0.4 is 9.80 Å². The van der Waals surface area contributed by atoms with Crippen molar-refractivity contribution in [3.63, 3.8) is 0 Å². The topological polar surface area (TPSA) is 56.1 Å². The average Bonchev–Trinajstić information content (AvgIpc) is 3.32. The van der Waals surface area contributed by atoms with Crippen LogP contribution in [0.5, 0.6) is 0 Å². The Labute approximate surface area is 142 Å². The zero-order chi connectivity index (χ0) is 16.5. The quantitative estimate of drug-likeness (QED) is 0.867. The van der Waals surface area contributed by atoms with Gasteiger partial charge in [-0.3, -0.25) is 0 Å². The van der Waals surface area contributed by atoms with Crippen molar-refractivity contribution >= 4 is 11.5 Å². The Kier molecular flexibility index (Phi) is 3.81. The van der Waals surface area contributed by atoms with Gasteiger partial charge in [-0.25, -0.2) is 9.97 Å². The number of benzene rings is 1. The van der Waals surface area contributed by atoms with Crippen LogP contribution in [0.25, 0.3) is 0 Å². The molecular formula is C19H21N5. The highest BCUT2D eigenvalue weighted by atomic mass is 15.3. The second kappa shape index (κ2) is 6.12. The van der Waals surface area contributed by atoms with Crippen molar-refractivity contribution in [1.82, 2.24) is 9.97 Å². The van der Waals surface area contributed by atoms with E-state index in [0.29, 0.717) is 12.1 Å².